The molecule has 0 fully saturated rings. The Kier molecular flexibility index (Phi) is 808. The number of rotatable bonds is 0. The second kappa shape index (κ2) is 218. The third kappa shape index (κ3) is 52200. The van der Waals surface area contributed by atoms with Crippen LogP contribution in [0.2, 0.25) is 6.55 Å². The Hall–Kier alpha value is -1.10. The first-order valence-electron chi connectivity index (χ1n) is 2.37. The number of hydrogen-bond donors (Lipinski definition) is 0. The maximum absolute atomic E-state index is 8.62. The average molecular weight is 193 g/mol. The van der Waals surface area contributed by atoms with Gasteiger partial charge in [0.15, 0.2) is 0 Å². The topological polar surface area (TPSA) is 34.1 Å². The molecule has 0 unspecified atom stereocenters. The van der Waals surface area contributed by atoms with Gasteiger partial charge in [-0.05, 0) is 10.2 Å². The average Bonchev–Trinajstić information content (AvgIpc) is 1.94. The van der Waals surface area contributed by atoms with Crippen molar-refractivity contribution >= 4 is 22.1 Å². The van der Waals surface area contributed by atoms with E-state index >= 15 is 0 Å². The van der Waals surface area contributed by atoms with Gasteiger partial charge in [-0.2, -0.15) is 0 Å². The zero-order chi connectivity index (χ0) is 8.12. The lowest BCUT2D eigenvalue weighted by atomic mass is 11.0. The Morgan fingerprint density at radius 3 is 1.08 bits per heavy atom. The van der Waals surface area contributed by atoms with Crippen LogP contribution in [-0.2, 0) is 9.59 Å². The molecule has 0 amide bonds. The standard InChI is InChI=1S/C3H4.C2O2.CH6Si.3CH4.H2/c1-3-2;3-1-2-4;1-2;;;;/h1-2H2;;1-2H3;3*1H4;1H/i;;;;;;1+1. The van der Waals surface area contributed by atoms with Crippen molar-refractivity contribution in [3.63, 3.8) is 0 Å². The van der Waals surface area contributed by atoms with Gasteiger partial charge in [0.25, 0.3) is 0 Å². The van der Waals surface area contributed by atoms with Crippen molar-refractivity contribution < 1.29 is 11.0 Å². The summed E-state index contributed by atoms with van der Waals surface area (Å²) in [7, 11) is 1.31. The normalized spacial score (nSPS) is 2.42. The van der Waals surface area contributed by atoms with E-state index in [0.29, 0.717) is 0 Å². The van der Waals surface area contributed by atoms with Crippen LogP contribution >= 0.6 is 0 Å². The molecule has 0 radical (unpaired) electrons. The number of hydrogen-bond acceptors (Lipinski definition) is 2. The minimum atomic E-state index is 0. The molecule has 12 heavy (non-hydrogen) atoms. The molecule has 0 aromatic rings. The fourth-order valence-electron chi connectivity index (χ4n) is 0. The van der Waals surface area contributed by atoms with Crippen molar-refractivity contribution in [2.24, 2.45) is 0 Å². The second-order valence-electron chi connectivity index (χ2n) is 0.454. The summed E-state index contributed by atoms with van der Waals surface area (Å²) in [5.41, 5.74) is 2.25. The van der Waals surface area contributed by atoms with E-state index in [9.17, 15) is 0 Å². The van der Waals surface area contributed by atoms with E-state index in [1.54, 1.807) is 0 Å². The van der Waals surface area contributed by atoms with Crippen LogP contribution in [0.15, 0.2) is 18.9 Å². The van der Waals surface area contributed by atoms with Gasteiger partial charge in [-0.3, -0.25) is 0 Å². The van der Waals surface area contributed by atoms with E-state index in [-0.39, 0.29) is 23.7 Å². The Bertz CT molecular complexity index is 121. The third-order valence-corrected chi connectivity index (χ3v) is 0.0417. The summed E-state index contributed by atoms with van der Waals surface area (Å²) >= 11 is 0. The van der Waals surface area contributed by atoms with Gasteiger partial charge in [-0.1, -0.05) is 42.0 Å². The zero-order valence-electron chi connectivity index (χ0n) is 5.73. The van der Waals surface area contributed by atoms with Gasteiger partial charge in [-0.25, -0.2) is 9.59 Å². The Morgan fingerprint density at radius 2 is 1.08 bits per heavy atom. The fourth-order valence-corrected chi connectivity index (χ4v) is 0. The van der Waals surface area contributed by atoms with Crippen molar-refractivity contribution in [1.29, 1.82) is 0 Å². The zero-order valence-corrected chi connectivity index (χ0v) is 7.73. The van der Waals surface area contributed by atoms with Crippen LogP contribution in [0.1, 0.15) is 23.7 Å². The van der Waals surface area contributed by atoms with Gasteiger partial charge in [0.1, 0.15) is 0 Å². The molecule has 0 rings (SSSR count). The molecule has 0 spiro atoms. The molecule has 0 bridgehead atoms. The molecule has 0 aliphatic carbocycles. The monoisotopic (exact) mass is 193 g/mol. The predicted molar refractivity (Wildman–Crippen MR) is 64.3 cm³/mol. The smallest absolute Gasteiger partial charge is 0.221 e. The molecule has 0 aromatic carbocycles. The maximum Gasteiger partial charge on any atom is 0.221 e. The fraction of sp³-hybridized carbons (Fsp3) is 0.444. The summed E-state index contributed by atoms with van der Waals surface area (Å²) in [6.07, 6.45) is 0. The molecule has 0 saturated carbocycles. The van der Waals surface area contributed by atoms with Crippen molar-refractivity contribution in [2.45, 2.75) is 28.8 Å². The first kappa shape index (κ1) is 44.5. The summed E-state index contributed by atoms with van der Waals surface area (Å²) in [6.45, 7) is 8.39. The summed E-state index contributed by atoms with van der Waals surface area (Å²) < 4.78 is 0. The third-order valence-electron chi connectivity index (χ3n) is 0.0417. The molecule has 2 nitrogen and oxygen atoms in total. The molecule has 3 heteroatoms. The lowest BCUT2D eigenvalue weighted by Crippen LogP contribution is -1.38. The van der Waals surface area contributed by atoms with E-state index in [0.717, 1.165) is 11.9 Å². The summed E-state index contributed by atoms with van der Waals surface area (Å²) in [5.74, 6) is 1.75. The molecule has 76 valence electrons. The molecule has 0 saturated heterocycles. The molecular weight excluding hydrogens is 168 g/mol. The Morgan fingerprint density at radius 1 is 1.00 bits per heavy atom. The molecule has 0 atom stereocenters. The van der Waals surface area contributed by atoms with Crippen molar-refractivity contribution in [2.75, 3.05) is 0 Å². The van der Waals surface area contributed by atoms with Crippen LogP contribution in [0.4, 0.5) is 0 Å². The highest BCUT2D eigenvalue weighted by Gasteiger charge is 1.27. The lowest BCUT2D eigenvalue weighted by molar-refractivity contribution is 0.552. The van der Waals surface area contributed by atoms with E-state index in [2.05, 4.69) is 25.4 Å². The van der Waals surface area contributed by atoms with E-state index in [1.807, 2.05) is 0 Å². The summed E-state index contributed by atoms with van der Waals surface area (Å²) in [4.78, 5) is 17.2. The summed E-state index contributed by atoms with van der Waals surface area (Å²) in [5, 5.41) is 0. The van der Waals surface area contributed by atoms with Crippen LogP contribution in [0.25, 0.3) is 0 Å². The van der Waals surface area contributed by atoms with Crippen LogP contribution in [0.3, 0.4) is 0 Å². The highest BCUT2D eigenvalue weighted by molar-refractivity contribution is 6.05. The first-order chi connectivity index (χ1) is 4.33. The van der Waals surface area contributed by atoms with E-state index in [1.165, 1.54) is 10.2 Å². The van der Waals surface area contributed by atoms with Gasteiger partial charge < -0.3 is 0 Å². The van der Waals surface area contributed by atoms with Crippen LogP contribution in [0, 0.1) is 0 Å². The number of carbonyl (C=O) groups excluding carboxylic acids is 2. The predicted octanol–water partition coefficient (Wildman–Crippen LogP) is 1.72. The maximum atomic E-state index is 8.62. The van der Waals surface area contributed by atoms with Gasteiger partial charge in [0.05, 0.1) is 0 Å². The highest BCUT2D eigenvalue weighted by Crippen LogP contribution is 1.16. The Balaban J connectivity index is -0.00000000749. The van der Waals surface area contributed by atoms with Crippen molar-refractivity contribution in [3.8, 4) is 0 Å². The van der Waals surface area contributed by atoms with Crippen LogP contribution < -0.4 is 0 Å². The molecule has 0 heterocycles. The van der Waals surface area contributed by atoms with Crippen molar-refractivity contribution in [1.82, 2.24) is 0 Å². The summed E-state index contributed by atoms with van der Waals surface area (Å²) in [6, 6.07) is 0. The first-order valence-corrected chi connectivity index (χ1v) is 4.37. The molecular formula is C9H24O2Si. The molecule has 0 aliphatic rings. The molecule has 0 N–H and O–H groups in total. The van der Waals surface area contributed by atoms with Crippen LogP contribution in [-0.4, -0.2) is 22.1 Å². The van der Waals surface area contributed by atoms with Gasteiger partial charge in [0.2, 0.25) is 11.9 Å². The second-order valence-corrected chi connectivity index (χ2v) is 0.454. The van der Waals surface area contributed by atoms with Crippen LogP contribution in [0.5, 0.6) is 0 Å². The minimum absolute atomic E-state index is 0. The molecule has 0 aliphatic heterocycles. The quantitative estimate of drug-likeness (QED) is 0.333. The van der Waals surface area contributed by atoms with Crippen molar-refractivity contribution in [3.05, 3.63) is 18.9 Å². The van der Waals surface area contributed by atoms with Gasteiger partial charge in [-0.15, -0.1) is 5.73 Å². The van der Waals surface area contributed by atoms with Gasteiger partial charge in [0, 0.05) is 1.43 Å². The van der Waals surface area contributed by atoms with Gasteiger partial charge >= 0.3 is 0 Å². The van der Waals surface area contributed by atoms with E-state index in [4.69, 9.17) is 9.59 Å². The Labute approximate surface area is 81.6 Å². The van der Waals surface area contributed by atoms with E-state index < -0.39 is 0 Å². The lowest BCUT2D eigenvalue weighted by Gasteiger charge is -1.10. The minimum Gasteiger partial charge on any atom is -0.221 e. The highest BCUT2D eigenvalue weighted by atomic mass is 28.1. The molecule has 0 aromatic heterocycles. The largest absolute Gasteiger partial charge is 0.221 e. The SMILES string of the molecule is C.C.C.C=C=C.C[SiH3].O=C=C=O.[2HH].